The fourth-order valence-corrected chi connectivity index (χ4v) is 1.85. The summed E-state index contributed by atoms with van der Waals surface area (Å²) in [5, 5.41) is 3.34. The van der Waals surface area contributed by atoms with E-state index in [2.05, 4.69) is 12.2 Å². The molecule has 4 heteroatoms. The van der Waals surface area contributed by atoms with Crippen molar-refractivity contribution >= 4 is 5.91 Å². The Morgan fingerprint density at radius 3 is 3.07 bits per heavy atom. The minimum Gasteiger partial charge on any atom is -0.459 e. The fourth-order valence-electron chi connectivity index (χ4n) is 1.85. The summed E-state index contributed by atoms with van der Waals surface area (Å²) in [5.74, 6) is 0.414. The molecule has 0 radical (unpaired) electrons. The van der Waals surface area contributed by atoms with E-state index >= 15 is 0 Å². The molecule has 0 aromatic carbocycles. The maximum Gasteiger partial charge on any atom is 0.289 e. The van der Waals surface area contributed by atoms with E-state index in [9.17, 15) is 4.79 Å². The van der Waals surface area contributed by atoms with E-state index in [4.69, 9.17) is 4.42 Å². The largest absolute Gasteiger partial charge is 0.459 e. The van der Waals surface area contributed by atoms with Crippen molar-refractivity contribution < 1.29 is 9.21 Å². The van der Waals surface area contributed by atoms with Crippen LogP contribution in [0, 0.1) is 0 Å². The molecule has 1 aromatic rings. The number of carbonyl (C=O) groups excluding carboxylic acids is 1. The molecule has 2 heterocycles. The molecule has 0 spiro atoms. The van der Waals surface area contributed by atoms with Crippen LogP contribution >= 0.6 is 0 Å². The summed E-state index contributed by atoms with van der Waals surface area (Å²) in [7, 11) is 0. The zero-order chi connectivity index (χ0) is 10.8. The van der Waals surface area contributed by atoms with E-state index in [1.54, 1.807) is 12.1 Å². The minimum atomic E-state index is -0.0131. The van der Waals surface area contributed by atoms with E-state index < -0.39 is 0 Å². The lowest BCUT2D eigenvalue weighted by Gasteiger charge is -2.37. The molecule has 2 atom stereocenters. The topological polar surface area (TPSA) is 45.5 Å². The van der Waals surface area contributed by atoms with Crippen molar-refractivity contribution in [3.8, 4) is 0 Å². The van der Waals surface area contributed by atoms with Crippen molar-refractivity contribution in [1.82, 2.24) is 10.2 Å². The summed E-state index contributed by atoms with van der Waals surface area (Å²) in [4.78, 5) is 13.9. The molecule has 1 aromatic heterocycles. The fraction of sp³-hybridized carbons (Fsp3) is 0.545. The van der Waals surface area contributed by atoms with E-state index in [0.29, 0.717) is 11.8 Å². The zero-order valence-corrected chi connectivity index (χ0v) is 9.06. The quantitative estimate of drug-likeness (QED) is 0.751. The summed E-state index contributed by atoms with van der Waals surface area (Å²) in [6.07, 6.45) is 1.53. The molecule has 1 aliphatic rings. The molecular formula is C11H16N2O2. The average molecular weight is 208 g/mol. The normalized spacial score (nSPS) is 26.7. The second kappa shape index (κ2) is 4.06. The van der Waals surface area contributed by atoms with Gasteiger partial charge in [0.1, 0.15) is 0 Å². The molecule has 0 unspecified atom stereocenters. The zero-order valence-electron chi connectivity index (χ0n) is 9.06. The van der Waals surface area contributed by atoms with Gasteiger partial charge in [-0.2, -0.15) is 0 Å². The van der Waals surface area contributed by atoms with Crippen molar-refractivity contribution in [3.63, 3.8) is 0 Å². The molecule has 4 nitrogen and oxygen atoms in total. The predicted octanol–water partition coefficient (Wildman–Crippen LogP) is 1.10. The molecule has 0 bridgehead atoms. The number of hydrogen-bond acceptors (Lipinski definition) is 3. The van der Waals surface area contributed by atoms with Gasteiger partial charge in [0.15, 0.2) is 5.76 Å². The van der Waals surface area contributed by atoms with Gasteiger partial charge in [-0.3, -0.25) is 4.79 Å². The van der Waals surface area contributed by atoms with Gasteiger partial charge in [-0.15, -0.1) is 0 Å². The molecule has 1 aliphatic heterocycles. The summed E-state index contributed by atoms with van der Waals surface area (Å²) in [5.41, 5.74) is 0. The Labute approximate surface area is 89.2 Å². The number of rotatable bonds is 1. The van der Waals surface area contributed by atoms with Gasteiger partial charge >= 0.3 is 0 Å². The number of nitrogens with one attached hydrogen (secondary N) is 1. The maximum atomic E-state index is 12.0. The highest BCUT2D eigenvalue weighted by Crippen LogP contribution is 2.12. The number of hydrogen-bond donors (Lipinski definition) is 1. The predicted molar refractivity (Wildman–Crippen MR) is 56.7 cm³/mol. The maximum absolute atomic E-state index is 12.0. The number of amides is 1. The van der Waals surface area contributed by atoms with Crippen LogP contribution < -0.4 is 5.32 Å². The highest BCUT2D eigenvalue weighted by molar-refractivity contribution is 5.91. The Morgan fingerprint density at radius 2 is 2.40 bits per heavy atom. The van der Waals surface area contributed by atoms with E-state index in [1.807, 2.05) is 11.8 Å². The van der Waals surface area contributed by atoms with Gasteiger partial charge in [-0.05, 0) is 26.0 Å². The molecule has 2 rings (SSSR count). The van der Waals surface area contributed by atoms with E-state index in [0.717, 1.165) is 13.1 Å². The molecule has 1 N–H and O–H groups in total. The van der Waals surface area contributed by atoms with Crippen LogP contribution in [0.15, 0.2) is 22.8 Å². The Morgan fingerprint density at radius 1 is 1.60 bits per heavy atom. The van der Waals surface area contributed by atoms with Crippen LogP contribution in [-0.4, -0.2) is 36.0 Å². The van der Waals surface area contributed by atoms with Crippen molar-refractivity contribution in [2.75, 3.05) is 13.1 Å². The molecule has 1 saturated heterocycles. The van der Waals surface area contributed by atoms with Gasteiger partial charge in [0.25, 0.3) is 5.91 Å². The third-order valence-corrected chi connectivity index (χ3v) is 2.76. The highest BCUT2D eigenvalue weighted by atomic mass is 16.3. The number of piperazine rings is 1. The van der Waals surface area contributed by atoms with Crippen molar-refractivity contribution in [3.05, 3.63) is 24.2 Å². The lowest BCUT2D eigenvalue weighted by Crippen LogP contribution is -2.56. The first kappa shape index (κ1) is 10.2. The van der Waals surface area contributed by atoms with Crippen molar-refractivity contribution in [2.24, 2.45) is 0 Å². The Bertz CT molecular complexity index is 334. The van der Waals surface area contributed by atoms with E-state index in [-0.39, 0.29) is 11.9 Å². The van der Waals surface area contributed by atoms with Crippen LogP contribution in [-0.2, 0) is 0 Å². The van der Waals surface area contributed by atoms with Crippen molar-refractivity contribution in [1.29, 1.82) is 0 Å². The second-order valence-corrected chi connectivity index (χ2v) is 4.09. The van der Waals surface area contributed by atoms with Gasteiger partial charge < -0.3 is 14.6 Å². The van der Waals surface area contributed by atoms with Crippen LogP contribution in [0.3, 0.4) is 0 Å². The van der Waals surface area contributed by atoms with Gasteiger partial charge in [0.2, 0.25) is 0 Å². The average Bonchev–Trinajstić information content (AvgIpc) is 2.74. The monoisotopic (exact) mass is 208 g/mol. The first-order valence-corrected chi connectivity index (χ1v) is 5.26. The van der Waals surface area contributed by atoms with Crippen LogP contribution in [0.5, 0.6) is 0 Å². The molecule has 82 valence electrons. The lowest BCUT2D eigenvalue weighted by atomic mass is 10.1. The Hall–Kier alpha value is -1.29. The third-order valence-electron chi connectivity index (χ3n) is 2.76. The summed E-state index contributed by atoms with van der Waals surface area (Å²) in [6.45, 7) is 5.70. The Kier molecular flexibility index (Phi) is 2.77. The van der Waals surface area contributed by atoms with Gasteiger partial charge in [-0.1, -0.05) is 0 Å². The SMILES string of the molecule is C[C@@H]1CN[C@@H](C)CN1C(=O)c1ccco1. The van der Waals surface area contributed by atoms with Crippen LogP contribution in [0.4, 0.5) is 0 Å². The standard InChI is InChI=1S/C11H16N2O2/c1-8-7-13(9(2)6-12-8)11(14)10-4-3-5-15-10/h3-5,8-9,12H,6-7H2,1-2H3/t8-,9+/m0/s1. The van der Waals surface area contributed by atoms with Crippen LogP contribution in [0.2, 0.25) is 0 Å². The van der Waals surface area contributed by atoms with Crippen LogP contribution in [0.1, 0.15) is 24.4 Å². The second-order valence-electron chi connectivity index (χ2n) is 4.09. The first-order valence-electron chi connectivity index (χ1n) is 5.26. The summed E-state index contributed by atoms with van der Waals surface area (Å²) < 4.78 is 5.12. The molecule has 15 heavy (non-hydrogen) atoms. The highest BCUT2D eigenvalue weighted by Gasteiger charge is 2.28. The van der Waals surface area contributed by atoms with Crippen molar-refractivity contribution in [2.45, 2.75) is 25.9 Å². The lowest BCUT2D eigenvalue weighted by molar-refractivity contribution is 0.0584. The smallest absolute Gasteiger partial charge is 0.289 e. The molecule has 1 amide bonds. The number of furan rings is 1. The van der Waals surface area contributed by atoms with Gasteiger partial charge in [0, 0.05) is 25.2 Å². The third kappa shape index (κ3) is 2.04. The van der Waals surface area contributed by atoms with Crippen LogP contribution in [0.25, 0.3) is 0 Å². The van der Waals surface area contributed by atoms with Gasteiger partial charge in [-0.25, -0.2) is 0 Å². The number of carbonyl (C=O) groups is 1. The Balaban J connectivity index is 2.12. The number of nitrogens with zero attached hydrogens (tertiary/aromatic N) is 1. The molecular weight excluding hydrogens is 192 g/mol. The van der Waals surface area contributed by atoms with Gasteiger partial charge in [0.05, 0.1) is 6.26 Å². The molecule has 0 saturated carbocycles. The summed E-state index contributed by atoms with van der Waals surface area (Å²) in [6, 6.07) is 4.02. The first-order chi connectivity index (χ1) is 7.18. The molecule has 0 aliphatic carbocycles. The molecule has 1 fully saturated rings. The summed E-state index contributed by atoms with van der Waals surface area (Å²) >= 11 is 0. The van der Waals surface area contributed by atoms with E-state index in [1.165, 1.54) is 6.26 Å². The minimum absolute atomic E-state index is 0.0131.